The van der Waals surface area contributed by atoms with Crippen molar-refractivity contribution in [1.29, 1.82) is 0 Å². The summed E-state index contributed by atoms with van der Waals surface area (Å²) in [5.41, 5.74) is 1.89. The summed E-state index contributed by atoms with van der Waals surface area (Å²) < 4.78 is 0. The van der Waals surface area contributed by atoms with E-state index in [2.05, 4.69) is 5.32 Å². The zero-order chi connectivity index (χ0) is 12.0. The Hall–Kier alpha value is -1.58. The summed E-state index contributed by atoms with van der Waals surface area (Å²) in [5, 5.41) is 14.4. The normalized spacial score (nSPS) is 29.8. The van der Waals surface area contributed by atoms with Crippen molar-refractivity contribution in [3.05, 3.63) is 33.9 Å². The highest BCUT2D eigenvalue weighted by atomic mass is 16.6. The van der Waals surface area contributed by atoms with Gasteiger partial charge in [0.25, 0.3) is 5.69 Å². The van der Waals surface area contributed by atoms with Gasteiger partial charge >= 0.3 is 0 Å². The topological polar surface area (TPSA) is 55.2 Å². The van der Waals surface area contributed by atoms with Gasteiger partial charge in [-0.2, -0.15) is 0 Å². The van der Waals surface area contributed by atoms with Crippen LogP contribution in [0.2, 0.25) is 0 Å². The molecular weight excluding hydrogens is 216 g/mol. The van der Waals surface area contributed by atoms with Crippen molar-refractivity contribution >= 4 is 11.4 Å². The zero-order valence-corrected chi connectivity index (χ0v) is 9.85. The van der Waals surface area contributed by atoms with Crippen LogP contribution in [0.25, 0.3) is 0 Å². The van der Waals surface area contributed by atoms with E-state index < -0.39 is 0 Å². The molecule has 0 heterocycles. The largest absolute Gasteiger partial charge is 0.382 e. The van der Waals surface area contributed by atoms with Crippen LogP contribution >= 0.6 is 0 Å². The van der Waals surface area contributed by atoms with E-state index in [1.807, 2.05) is 13.0 Å². The van der Waals surface area contributed by atoms with Crippen LogP contribution < -0.4 is 5.32 Å². The average Bonchev–Trinajstić information content (AvgIpc) is 2.98. The highest BCUT2D eigenvalue weighted by molar-refractivity contribution is 5.60. The standard InChI is InChI=1S/C13H16N2O2/c1-8-11(3-2-4-13(8)15(16)17)14-12-6-5-9-7-10(9)12/h2-4,9-10,12,14H,5-7H2,1H3/t9-,10+,12?/m0/s1. The first-order chi connectivity index (χ1) is 8.16. The fourth-order valence-electron chi connectivity index (χ4n) is 3.06. The van der Waals surface area contributed by atoms with E-state index in [1.54, 1.807) is 12.1 Å². The Bertz CT molecular complexity index is 472. The lowest BCUT2D eigenvalue weighted by atomic mass is 10.1. The minimum atomic E-state index is -0.310. The van der Waals surface area contributed by atoms with Gasteiger partial charge in [0.1, 0.15) is 0 Å². The molecule has 0 aliphatic heterocycles. The molecule has 2 fully saturated rings. The molecule has 3 atom stereocenters. The molecular formula is C13H16N2O2. The minimum absolute atomic E-state index is 0.209. The molecule has 17 heavy (non-hydrogen) atoms. The maximum absolute atomic E-state index is 10.9. The van der Waals surface area contributed by atoms with Crippen LogP contribution in [0.5, 0.6) is 0 Å². The highest BCUT2D eigenvalue weighted by Gasteiger charge is 2.48. The van der Waals surface area contributed by atoms with Crippen molar-refractivity contribution in [1.82, 2.24) is 0 Å². The lowest BCUT2D eigenvalue weighted by molar-refractivity contribution is -0.385. The van der Waals surface area contributed by atoms with Gasteiger partial charge in [-0.3, -0.25) is 10.1 Å². The number of nitrogens with one attached hydrogen (secondary N) is 1. The molecule has 2 aliphatic carbocycles. The number of fused-ring (bicyclic) bond motifs is 1. The van der Waals surface area contributed by atoms with Gasteiger partial charge in [-0.15, -0.1) is 0 Å². The number of rotatable bonds is 3. The van der Waals surface area contributed by atoms with Crippen LogP contribution in [0, 0.1) is 28.9 Å². The van der Waals surface area contributed by atoms with E-state index in [0.717, 1.165) is 23.1 Å². The Kier molecular flexibility index (Phi) is 2.31. The Balaban J connectivity index is 1.82. The SMILES string of the molecule is Cc1c(NC2CC[C@H]3C[C@@H]23)cccc1[N+](=O)[O-]. The molecule has 0 spiro atoms. The number of nitrogens with zero attached hydrogens (tertiary/aromatic N) is 1. The molecule has 2 aliphatic rings. The van der Waals surface area contributed by atoms with Crippen molar-refractivity contribution in [2.45, 2.75) is 32.2 Å². The third-order valence-corrected chi connectivity index (χ3v) is 4.19. The summed E-state index contributed by atoms with van der Waals surface area (Å²) in [5.74, 6) is 1.74. The Morgan fingerprint density at radius 1 is 1.41 bits per heavy atom. The first-order valence-electron chi connectivity index (χ1n) is 6.17. The Labute approximate surface area is 100 Å². The summed E-state index contributed by atoms with van der Waals surface area (Å²) in [6.07, 6.45) is 3.86. The summed E-state index contributed by atoms with van der Waals surface area (Å²) in [4.78, 5) is 10.6. The lowest BCUT2D eigenvalue weighted by Gasteiger charge is -2.17. The second kappa shape index (κ2) is 3.72. The molecule has 1 N–H and O–H groups in total. The zero-order valence-electron chi connectivity index (χ0n) is 9.85. The number of nitro groups is 1. The van der Waals surface area contributed by atoms with Crippen molar-refractivity contribution in [3.8, 4) is 0 Å². The molecule has 2 saturated carbocycles. The molecule has 4 heteroatoms. The van der Waals surface area contributed by atoms with Crippen molar-refractivity contribution in [2.24, 2.45) is 11.8 Å². The maximum Gasteiger partial charge on any atom is 0.274 e. The van der Waals surface area contributed by atoms with Gasteiger partial charge in [0, 0.05) is 23.4 Å². The monoisotopic (exact) mass is 232 g/mol. The first-order valence-corrected chi connectivity index (χ1v) is 6.17. The molecule has 1 aromatic rings. The summed E-state index contributed by atoms with van der Waals surface area (Å²) >= 11 is 0. The van der Waals surface area contributed by atoms with Gasteiger partial charge in [0.2, 0.25) is 0 Å². The number of nitro benzene ring substituents is 1. The lowest BCUT2D eigenvalue weighted by Crippen LogP contribution is -2.19. The third kappa shape index (κ3) is 1.77. The molecule has 0 saturated heterocycles. The minimum Gasteiger partial charge on any atom is -0.382 e. The average molecular weight is 232 g/mol. The fourth-order valence-corrected chi connectivity index (χ4v) is 3.06. The van der Waals surface area contributed by atoms with Gasteiger partial charge in [0.15, 0.2) is 0 Å². The molecule has 1 unspecified atom stereocenters. The maximum atomic E-state index is 10.9. The van der Waals surface area contributed by atoms with Gasteiger partial charge in [0.05, 0.1) is 4.92 Å². The fraction of sp³-hybridized carbons (Fsp3) is 0.538. The van der Waals surface area contributed by atoms with Crippen molar-refractivity contribution in [3.63, 3.8) is 0 Å². The van der Waals surface area contributed by atoms with E-state index in [4.69, 9.17) is 0 Å². The van der Waals surface area contributed by atoms with Gasteiger partial charge in [-0.05, 0) is 44.1 Å². The summed E-state index contributed by atoms with van der Waals surface area (Å²) in [6.45, 7) is 1.82. The second-order valence-electron chi connectivity index (χ2n) is 5.19. The van der Waals surface area contributed by atoms with E-state index in [-0.39, 0.29) is 10.6 Å². The van der Waals surface area contributed by atoms with Gasteiger partial charge in [-0.25, -0.2) is 0 Å². The third-order valence-electron chi connectivity index (χ3n) is 4.19. The molecule has 0 bridgehead atoms. The predicted octanol–water partition coefficient (Wildman–Crippen LogP) is 3.11. The van der Waals surface area contributed by atoms with E-state index in [0.29, 0.717) is 6.04 Å². The molecule has 4 nitrogen and oxygen atoms in total. The van der Waals surface area contributed by atoms with Gasteiger partial charge in [-0.1, -0.05) is 6.07 Å². The molecule has 0 radical (unpaired) electrons. The Morgan fingerprint density at radius 3 is 2.82 bits per heavy atom. The van der Waals surface area contributed by atoms with E-state index in [1.165, 1.54) is 19.3 Å². The second-order valence-corrected chi connectivity index (χ2v) is 5.19. The molecule has 3 rings (SSSR count). The van der Waals surface area contributed by atoms with Crippen LogP contribution in [0.15, 0.2) is 18.2 Å². The smallest absolute Gasteiger partial charge is 0.274 e. The van der Waals surface area contributed by atoms with E-state index >= 15 is 0 Å². The number of anilines is 1. The van der Waals surface area contributed by atoms with Crippen molar-refractivity contribution < 1.29 is 4.92 Å². The number of benzene rings is 1. The molecule has 1 aromatic carbocycles. The molecule has 0 amide bonds. The van der Waals surface area contributed by atoms with Crippen LogP contribution in [0.4, 0.5) is 11.4 Å². The summed E-state index contributed by atoms with van der Waals surface area (Å²) in [6, 6.07) is 5.79. The van der Waals surface area contributed by atoms with Gasteiger partial charge < -0.3 is 5.32 Å². The van der Waals surface area contributed by atoms with Crippen LogP contribution in [0.1, 0.15) is 24.8 Å². The Morgan fingerprint density at radius 2 is 2.24 bits per heavy atom. The van der Waals surface area contributed by atoms with Crippen LogP contribution in [0.3, 0.4) is 0 Å². The molecule has 90 valence electrons. The number of hydrogen-bond acceptors (Lipinski definition) is 3. The van der Waals surface area contributed by atoms with Crippen molar-refractivity contribution in [2.75, 3.05) is 5.32 Å². The predicted molar refractivity (Wildman–Crippen MR) is 66.1 cm³/mol. The number of hydrogen-bond donors (Lipinski definition) is 1. The first kappa shape index (κ1) is 10.6. The van der Waals surface area contributed by atoms with Crippen LogP contribution in [-0.4, -0.2) is 11.0 Å². The van der Waals surface area contributed by atoms with Crippen LogP contribution in [-0.2, 0) is 0 Å². The van der Waals surface area contributed by atoms with E-state index in [9.17, 15) is 10.1 Å². The highest BCUT2D eigenvalue weighted by Crippen LogP contribution is 2.52. The quantitative estimate of drug-likeness (QED) is 0.643. The molecule has 0 aromatic heterocycles. The summed E-state index contributed by atoms with van der Waals surface area (Å²) in [7, 11) is 0.